The lowest BCUT2D eigenvalue weighted by atomic mass is 9.95. The standard InChI is InChI=1S/C11H13NO/c1-3-9(7-12)10-6-4-5-8(2)11(10)13/h4-6,9,13H,3H2,1-2H3. The van der Waals surface area contributed by atoms with Crippen LogP contribution in [-0.4, -0.2) is 5.11 Å². The summed E-state index contributed by atoms with van der Waals surface area (Å²) >= 11 is 0. The van der Waals surface area contributed by atoms with E-state index in [0.29, 0.717) is 0 Å². The van der Waals surface area contributed by atoms with Gasteiger partial charge in [-0.25, -0.2) is 0 Å². The minimum absolute atomic E-state index is 0.195. The zero-order chi connectivity index (χ0) is 9.84. The fraction of sp³-hybridized carbons (Fsp3) is 0.364. The minimum atomic E-state index is -0.195. The Morgan fingerprint density at radius 3 is 2.77 bits per heavy atom. The van der Waals surface area contributed by atoms with E-state index in [1.807, 2.05) is 26.0 Å². The van der Waals surface area contributed by atoms with Gasteiger partial charge in [-0.2, -0.15) is 5.26 Å². The van der Waals surface area contributed by atoms with Gasteiger partial charge in [0.05, 0.1) is 12.0 Å². The number of aromatic hydroxyl groups is 1. The molecule has 0 aliphatic carbocycles. The van der Waals surface area contributed by atoms with E-state index in [4.69, 9.17) is 5.26 Å². The quantitative estimate of drug-likeness (QED) is 0.751. The highest BCUT2D eigenvalue weighted by Gasteiger charge is 2.13. The number of nitrogens with zero attached hydrogens (tertiary/aromatic N) is 1. The Bertz CT molecular complexity index is 338. The molecule has 0 aliphatic rings. The van der Waals surface area contributed by atoms with Crippen molar-refractivity contribution in [2.45, 2.75) is 26.2 Å². The summed E-state index contributed by atoms with van der Waals surface area (Å²) in [4.78, 5) is 0. The molecule has 0 aromatic heterocycles. The number of benzene rings is 1. The molecule has 1 atom stereocenters. The summed E-state index contributed by atoms with van der Waals surface area (Å²) < 4.78 is 0. The topological polar surface area (TPSA) is 44.0 Å². The Balaban J connectivity index is 3.15. The van der Waals surface area contributed by atoms with Gasteiger partial charge in [0.25, 0.3) is 0 Å². The molecular formula is C11H13NO. The molecular weight excluding hydrogens is 162 g/mol. The monoisotopic (exact) mass is 175 g/mol. The van der Waals surface area contributed by atoms with Gasteiger partial charge in [0, 0.05) is 5.56 Å². The zero-order valence-corrected chi connectivity index (χ0v) is 7.91. The van der Waals surface area contributed by atoms with Crippen LogP contribution < -0.4 is 0 Å². The summed E-state index contributed by atoms with van der Waals surface area (Å²) in [6, 6.07) is 7.68. The first-order valence-electron chi connectivity index (χ1n) is 4.38. The third-order valence-corrected chi connectivity index (χ3v) is 2.21. The lowest BCUT2D eigenvalue weighted by Crippen LogP contribution is -1.94. The molecule has 1 rings (SSSR count). The molecule has 68 valence electrons. The molecule has 1 unspecified atom stereocenters. The number of para-hydroxylation sites is 1. The Morgan fingerprint density at radius 1 is 1.54 bits per heavy atom. The van der Waals surface area contributed by atoms with Crippen LogP contribution in [0.25, 0.3) is 0 Å². The third kappa shape index (κ3) is 1.81. The fourth-order valence-electron chi connectivity index (χ4n) is 1.34. The first-order chi connectivity index (χ1) is 6.20. The smallest absolute Gasteiger partial charge is 0.123 e. The molecule has 0 fully saturated rings. The van der Waals surface area contributed by atoms with Gasteiger partial charge < -0.3 is 5.11 Å². The van der Waals surface area contributed by atoms with E-state index in [1.54, 1.807) is 6.07 Å². The molecule has 0 saturated carbocycles. The summed E-state index contributed by atoms with van der Waals surface area (Å²) in [7, 11) is 0. The van der Waals surface area contributed by atoms with Crippen molar-refractivity contribution in [2.24, 2.45) is 0 Å². The number of phenolic OH excluding ortho intramolecular Hbond substituents is 1. The zero-order valence-electron chi connectivity index (χ0n) is 7.91. The van der Waals surface area contributed by atoms with E-state index >= 15 is 0 Å². The molecule has 0 bridgehead atoms. The van der Waals surface area contributed by atoms with Crippen LogP contribution in [0.1, 0.15) is 30.4 Å². The summed E-state index contributed by atoms with van der Waals surface area (Å²) in [5.41, 5.74) is 1.57. The molecule has 0 saturated heterocycles. The molecule has 0 amide bonds. The summed E-state index contributed by atoms with van der Waals surface area (Å²) in [6.45, 7) is 3.78. The van der Waals surface area contributed by atoms with Crippen LogP contribution in [0.2, 0.25) is 0 Å². The largest absolute Gasteiger partial charge is 0.507 e. The van der Waals surface area contributed by atoms with Crippen molar-refractivity contribution in [2.75, 3.05) is 0 Å². The van der Waals surface area contributed by atoms with Crippen LogP contribution in [0.15, 0.2) is 18.2 Å². The van der Waals surface area contributed by atoms with E-state index in [1.165, 1.54) is 0 Å². The molecule has 1 aromatic carbocycles. The van der Waals surface area contributed by atoms with E-state index in [0.717, 1.165) is 17.5 Å². The number of rotatable bonds is 2. The van der Waals surface area contributed by atoms with Gasteiger partial charge in [-0.15, -0.1) is 0 Å². The Morgan fingerprint density at radius 2 is 2.23 bits per heavy atom. The van der Waals surface area contributed by atoms with Gasteiger partial charge >= 0.3 is 0 Å². The molecule has 1 aromatic rings. The molecule has 1 N–H and O–H groups in total. The second kappa shape index (κ2) is 3.95. The van der Waals surface area contributed by atoms with E-state index in [9.17, 15) is 5.11 Å². The number of phenols is 1. The Hall–Kier alpha value is -1.49. The number of hydrogen-bond donors (Lipinski definition) is 1. The molecule has 0 aliphatic heterocycles. The van der Waals surface area contributed by atoms with E-state index in [2.05, 4.69) is 6.07 Å². The first-order valence-corrected chi connectivity index (χ1v) is 4.38. The van der Waals surface area contributed by atoms with Crippen molar-refractivity contribution in [1.29, 1.82) is 5.26 Å². The maximum absolute atomic E-state index is 9.68. The molecule has 0 spiro atoms. The number of aryl methyl sites for hydroxylation is 1. The van der Waals surface area contributed by atoms with Crippen LogP contribution in [0.3, 0.4) is 0 Å². The lowest BCUT2D eigenvalue weighted by molar-refractivity contribution is 0.461. The second-order valence-electron chi connectivity index (χ2n) is 3.10. The predicted molar refractivity (Wildman–Crippen MR) is 51.5 cm³/mol. The van der Waals surface area contributed by atoms with Gasteiger partial charge in [-0.3, -0.25) is 0 Å². The van der Waals surface area contributed by atoms with Crippen molar-refractivity contribution in [3.8, 4) is 11.8 Å². The lowest BCUT2D eigenvalue weighted by Gasteiger charge is -2.10. The van der Waals surface area contributed by atoms with Crippen LogP contribution in [0, 0.1) is 18.3 Å². The van der Waals surface area contributed by atoms with E-state index in [-0.39, 0.29) is 11.7 Å². The first kappa shape index (κ1) is 9.60. The highest BCUT2D eigenvalue weighted by molar-refractivity contribution is 5.43. The SMILES string of the molecule is CCC(C#N)c1cccc(C)c1O. The molecule has 2 heteroatoms. The maximum Gasteiger partial charge on any atom is 0.123 e. The maximum atomic E-state index is 9.68. The molecule has 2 nitrogen and oxygen atoms in total. The van der Waals surface area contributed by atoms with Gasteiger partial charge in [-0.1, -0.05) is 25.1 Å². The van der Waals surface area contributed by atoms with Crippen molar-refractivity contribution in [3.63, 3.8) is 0 Å². The van der Waals surface area contributed by atoms with E-state index < -0.39 is 0 Å². The third-order valence-electron chi connectivity index (χ3n) is 2.21. The van der Waals surface area contributed by atoms with Gasteiger partial charge in [-0.05, 0) is 18.9 Å². The number of hydrogen-bond acceptors (Lipinski definition) is 2. The fourth-order valence-corrected chi connectivity index (χ4v) is 1.34. The van der Waals surface area contributed by atoms with Crippen LogP contribution >= 0.6 is 0 Å². The summed E-state index contributed by atoms with van der Waals surface area (Å²) in [5, 5.41) is 18.5. The summed E-state index contributed by atoms with van der Waals surface area (Å²) in [6.07, 6.45) is 0.730. The van der Waals surface area contributed by atoms with Crippen LogP contribution in [-0.2, 0) is 0 Å². The van der Waals surface area contributed by atoms with Crippen molar-refractivity contribution in [1.82, 2.24) is 0 Å². The molecule has 0 heterocycles. The van der Waals surface area contributed by atoms with Gasteiger partial charge in [0.1, 0.15) is 5.75 Å². The highest BCUT2D eigenvalue weighted by Crippen LogP contribution is 2.29. The van der Waals surface area contributed by atoms with Crippen molar-refractivity contribution in [3.05, 3.63) is 29.3 Å². The Kier molecular flexibility index (Phi) is 2.92. The minimum Gasteiger partial charge on any atom is -0.507 e. The normalized spacial score (nSPS) is 12.1. The molecule has 0 radical (unpaired) electrons. The molecule has 13 heavy (non-hydrogen) atoms. The highest BCUT2D eigenvalue weighted by atomic mass is 16.3. The van der Waals surface area contributed by atoms with Crippen molar-refractivity contribution < 1.29 is 5.11 Å². The summed E-state index contributed by atoms with van der Waals surface area (Å²) in [5.74, 6) is 0.0656. The van der Waals surface area contributed by atoms with Crippen LogP contribution in [0.5, 0.6) is 5.75 Å². The second-order valence-corrected chi connectivity index (χ2v) is 3.10. The van der Waals surface area contributed by atoms with Crippen LogP contribution in [0.4, 0.5) is 0 Å². The van der Waals surface area contributed by atoms with Gasteiger partial charge in [0.2, 0.25) is 0 Å². The van der Waals surface area contributed by atoms with Crippen molar-refractivity contribution >= 4 is 0 Å². The average molecular weight is 175 g/mol. The van der Waals surface area contributed by atoms with Gasteiger partial charge in [0.15, 0.2) is 0 Å². The average Bonchev–Trinajstić information content (AvgIpc) is 2.14. The number of nitriles is 1. The predicted octanol–water partition coefficient (Wildman–Crippen LogP) is 2.72. The Labute approximate surface area is 78.4 Å².